The number of amides is 1. The van der Waals surface area contributed by atoms with Crippen LogP contribution < -0.4 is 0 Å². The molecule has 1 saturated heterocycles. The fourth-order valence-corrected chi connectivity index (χ4v) is 4.49. The summed E-state index contributed by atoms with van der Waals surface area (Å²) in [6.07, 6.45) is 1.09. The number of rotatable bonds is 3. The van der Waals surface area contributed by atoms with Crippen molar-refractivity contribution in [3.05, 3.63) is 65.7 Å². The van der Waals surface area contributed by atoms with Gasteiger partial charge < -0.3 is 0 Å². The quantitative estimate of drug-likeness (QED) is 0.797. The zero-order chi connectivity index (χ0) is 17.9. The van der Waals surface area contributed by atoms with E-state index in [0.717, 1.165) is 15.4 Å². The molecule has 25 heavy (non-hydrogen) atoms. The maximum Gasteiger partial charge on any atom is 0.266 e. The first-order chi connectivity index (χ1) is 12.0. The van der Waals surface area contributed by atoms with Gasteiger partial charge in [0.15, 0.2) is 0 Å². The highest BCUT2D eigenvalue weighted by molar-refractivity contribution is 7.89. The van der Waals surface area contributed by atoms with Crippen molar-refractivity contribution in [1.82, 2.24) is 4.31 Å². The average molecular weight is 353 g/mol. The van der Waals surface area contributed by atoms with Gasteiger partial charge in [0.25, 0.3) is 10.0 Å². The molecule has 1 amide bonds. The van der Waals surface area contributed by atoms with Crippen LogP contribution in [-0.2, 0) is 14.8 Å². The summed E-state index contributed by atoms with van der Waals surface area (Å²) in [5.41, 5.74) is 1.84. The van der Waals surface area contributed by atoms with Crippen molar-refractivity contribution in [2.45, 2.75) is 37.1 Å². The van der Waals surface area contributed by atoms with Gasteiger partial charge in [-0.05, 0) is 37.6 Å². The van der Waals surface area contributed by atoms with E-state index in [0.29, 0.717) is 12.8 Å². The molecule has 5 heteroatoms. The van der Waals surface area contributed by atoms with E-state index >= 15 is 0 Å². The maximum atomic E-state index is 12.9. The minimum Gasteiger partial charge on any atom is -0.274 e. The van der Waals surface area contributed by atoms with E-state index in [2.05, 4.69) is 11.8 Å². The van der Waals surface area contributed by atoms with Gasteiger partial charge >= 0.3 is 0 Å². The van der Waals surface area contributed by atoms with Crippen LogP contribution in [0, 0.1) is 18.8 Å². The second kappa shape index (κ2) is 7.12. The molecule has 3 rings (SSSR count). The van der Waals surface area contributed by atoms with Crippen LogP contribution in [0.1, 0.15) is 30.4 Å². The van der Waals surface area contributed by atoms with Crippen molar-refractivity contribution >= 4 is 15.9 Å². The summed E-state index contributed by atoms with van der Waals surface area (Å²) in [6.45, 7) is 1.89. The molecule has 2 aromatic rings. The van der Waals surface area contributed by atoms with Crippen LogP contribution in [0.15, 0.2) is 59.5 Å². The van der Waals surface area contributed by atoms with Gasteiger partial charge in [0.2, 0.25) is 5.91 Å². The van der Waals surface area contributed by atoms with Gasteiger partial charge in [0.1, 0.15) is 0 Å². The van der Waals surface area contributed by atoms with Crippen molar-refractivity contribution in [2.24, 2.45) is 0 Å². The fourth-order valence-electron chi connectivity index (χ4n) is 2.85. The average Bonchev–Trinajstić information content (AvgIpc) is 2.98. The summed E-state index contributed by atoms with van der Waals surface area (Å²) >= 11 is 0. The summed E-state index contributed by atoms with van der Waals surface area (Å²) in [7, 11) is -3.83. The van der Waals surface area contributed by atoms with Crippen LogP contribution >= 0.6 is 0 Å². The molecule has 0 aliphatic carbocycles. The second-order valence-corrected chi connectivity index (χ2v) is 7.89. The van der Waals surface area contributed by atoms with Crippen LogP contribution in [0.3, 0.4) is 0 Å². The van der Waals surface area contributed by atoms with E-state index in [1.807, 2.05) is 37.3 Å². The van der Waals surface area contributed by atoms with Crippen LogP contribution in [0.4, 0.5) is 0 Å². The van der Waals surface area contributed by atoms with E-state index in [1.54, 1.807) is 24.3 Å². The molecular weight excluding hydrogens is 334 g/mol. The number of hydrogen-bond acceptors (Lipinski definition) is 3. The molecule has 1 fully saturated rings. The summed E-state index contributed by atoms with van der Waals surface area (Å²) in [5, 5.41) is 0. The number of nitrogens with zero attached hydrogens (tertiary/aromatic N) is 1. The highest BCUT2D eigenvalue weighted by Gasteiger charge is 2.39. The van der Waals surface area contributed by atoms with Crippen molar-refractivity contribution in [3.63, 3.8) is 0 Å². The Morgan fingerprint density at radius 1 is 1.08 bits per heavy atom. The number of carbonyl (C=O) groups excluding carboxylic acids is 1. The van der Waals surface area contributed by atoms with Crippen molar-refractivity contribution in [1.29, 1.82) is 0 Å². The first-order valence-corrected chi connectivity index (χ1v) is 9.60. The Hall–Kier alpha value is -2.58. The smallest absolute Gasteiger partial charge is 0.266 e. The molecule has 1 aliphatic heterocycles. The number of sulfonamides is 1. The number of carbonyl (C=O) groups is 1. The Kier molecular flexibility index (Phi) is 4.91. The molecule has 1 atom stereocenters. The third kappa shape index (κ3) is 3.75. The van der Waals surface area contributed by atoms with Crippen LogP contribution in [0.2, 0.25) is 0 Å². The topological polar surface area (TPSA) is 54.5 Å². The Balaban J connectivity index is 1.82. The molecule has 0 spiro atoms. The number of hydrogen-bond donors (Lipinski definition) is 0. The standard InChI is InChI=1S/C20H19NO3S/c1-16-10-13-19(14-11-16)25(23,24)21-18(12-15-20(21)22)9-5-8-17-6-3-2-4-7-17/h2-4,6-7,10-11,13-14,18H,9,12,15H2,1H3. The Morgan fingerprint density at radius 3 is 2.44 bits per heavy atom. The first kappa shape index (κ1) is 17.2. The molecule has 1 heterocycles. The van der Waals surface area contributed by atoms with Crippen LogP contribution in [0.5, 0.6) is 0 Å². The van der Waals surface area contributed by atoms with Gasteiger partial charge in [-0.2, -0.15) is 0 Å². The van der Waals surface area contributed by atoms with E-state index < -0.39 is 16.1 Å². The molecule has 1 unspecified atom stereocenters. The Labute approximate surface area is 148 Å². The summed E-state index contributed by atoms with van der Waals surface area (Å²) in [6, 6.07) is 15.7. The lowest BCUT2D eigenvalue weighted by Gasteiger charge is -2.23. The molecule has 0 aromatic heterocycles. The van der Waals surface area contributed by atoms with E-state index in [4.69, 9.17) is 0 Å². The molecular formula is C20H19NO3S. The summed E-state index contributed by atoms with van der Waals surface area (Å²) < 4.78 is 26.7. The lowest BCUT2D eigenvalue weighted by atomic mass is 10.1. The molecule has 0 radical (unpaired) electrons. The van der Waals surface area contributed by atoms with Gasteiger partial charge in [0.05, 0.1) is 10.9 Å². The Morgan fingerprint density at radius 2 is 1.76 bits per heavy atom. The number of benzene rings is 2. The first-order valence-electron chi connectivity index (χ1n) is 8.16. The molecule has 0 N–H and O–H groups in total. The second-order valence-electron chi connectivity index (χ2n) is 6.07. The largest absolute Gasteiger partial charge is 0.274 e. The third-order valence-electron chi connectivity index (χ3n) is 4.19. The number of aryl methyl sites for hydroxylation is 1. The van der Waals surface area contributed by atoms with Crippen LogP contribution in [0.25, 0.3) is 0 Å². The van der Waals surface area contributed by atoms with Crippen molar-refractivity contribution < 1.29 is 13.2 Å². The lowest BCUT2D eigenvalue weighted by molar-refractivity contribution is -0.124. The highest BCUT2D eigenvalue weighted by Crippen LogP contribution is 2.28. The third-order valence-corrected chi connectivity index (χ3v) is 6.08. The fraction of sp³-hybridized carbons (Fsp3) is 0.250. The molecule has 0 saturated carbocycles. The molecule has 128 valence electrons. The molecule has 4 nitrogen and oxygen atoms in total. The van der Waals surface area contributed by atoms with Crippen molar-refractivity contribution in [2.75, 3.05) is 0 Å². The minimum absolute atomic E-state index is 0.148. The molecule has 0 bridgehead atoms. The highest BCUT2D eigenvalue weighted by atomic mass is 32.2. The monoisotopic (exact) mass is 353 g/mol. The van der Waals surface area contributed by atoms with E-state index in [-0.39, 0.29) is 17.2 Å². The van der Waals surface area contributed by atoms with Gasteiger partial charge in [-0.15, -0.1) is 0 Å². The van der Waals surface area contributed by atoms with Crippen LogP contribution in [-0.4, -0.2) is 24.7 Å². The van der Waals surface area contributed by atoms with Gasteiger partial charge in [-0.1, -0.05) is 47.7 Å². The normalized spacial score (nSPS) is 17.2. The predicted octanol–water partition coefficient (Wildman–Crippen LogP) is 3.12. The van der Waals surface area contributed by atoms with Gasteiger partial charge in [0, 0.05) is 18.4 Å². The van der Waals surface area contributed by atoms with E-state index in [9.17, 15) is 13.2 Å². The summed E-state index contributed by atoms with van der Waals surface area (Å²) in [4.78, 5) is 12.4. The van der Waals surface area contributed by atoms with Gasteiger partial charge in [-0.25, -0.2) is 12.7 Å². The zero-order valence-electron chi connectivity index (χ0n) is 14.0. The predicted molar refractivity (Wildman–Crippen MR) is 96.2 cm³/mol. The lowest BCUT2D eigenvalue weighted by Crippen LogP contribution is -2.38. The molecule has 2 aromatic carbocycles. The van der Waals surface area contributed by atoms with E-state index in [1.165, 1.54) is 0 Å². The summed E-state index contributed by atoms with van der Waals surface area (Å²) in [5.74, 6) is 5.69. The SMILES string of the molecule is Cc1ccc(S(=O)(=O)N2C(=O)CCC2CC#Cc2ccccc2)cc1. The molecule has 1 aliphatic rings. The minimum atomic E-state index is -3.83. The van der Waals surface area contributed by atoms with Crippen molar-refractivity contribution in [3.8, 4) is 11.8 Å². The Bertz CT molecular complexity index is 922. The zero-order valence-corrected chi connectivity index (χ0v) is 14.8. The van der Waals surface area contributed by atoms with Gasteiger partial charge in [-0.3, -0.25) is 4.79 Å². The maximum absolute atomic E-state index is 12.9.